The van der Waals surface area contributed by atoms with Crippen LogP contribution in [-0.2, 0) is 18.9 Å². The summed E-state index contributed by atoms with van der Waals surface area (Å²) in [5.74, 6) is -0.523. The van der Waals surface area contributed by atoms with E-state index in [2.05, 4.69) is 4.90 Å². The summed E-state index contributed by atoms with van der Waals surface area (Å²) < 4.78 is 23.3. The van der Waals surface area contributed by atoms with Crippen molar-refractivity contribution in [1.29, 1.82) is 0 Å². The van der Waals surface area contributed by atoms with Crippen LogP contribution in [0.3, 0.4) is 0 Å². The molecule has 2 saturated heterocycles. The Balaban J connectivity index is 1.95. The van der Waals surface area contributed by atoms with E-state index in [4.69, 9.17) is 24.1 Å². The van der Waals surface area contributed by atoms with Gasteiger partial charge in [0.2, 0.25) is 0 Å². The number of ether oxygens (including phenoxy) is 4. The summed E-state index contributed by atoms with van der Waals surface area (Å²) in [4.78, 5) is 2.20. The van der Waals surface area contributed by atoms with E-state index >= 15 is 0 Å². The highest BCUT2D eigenvalue weighted by Crippen LogP contribution is 2.25. The lowest BCUT2D eigenvalue weighted by molar-refractivity contribution is -0.285. The fraction of sp³-hybridized carbons (Fsp3) is 1.00. The van der Waals surface area contributed by atoms with Gasteiger partial charge < -0.3 is 24.1 Å². The van der Waals surface area contributed by atoms with E-state index in [1.807, 2.05) is 27.7 Å². The van der Waals surface area contributed by atoms with E-state index in [-0.39, 0.29) is 24.5 Å². The summed E-state index contributed by atoms with van der Waals surface area (Å²) in [6.07, 6.45) is 0.589. The first-order valence-electron chi connectivity index (χ1n) is 7.73. The maximum absolute atomic E-state index is 9.12. The third-order valence-corrected chi connectivity index (χ3v) is 3.90. The predicted molar refractivity (Wildman–Crippen MR) is 78.0 cm³/mol. The molecule has 6 heteroatoms. The smallest absolute Gasteiger partial charge is 0.162 e. The van der Waals surface area contributed by atoms with Crippen LogP contribution in [0.5, 0.6) is 0 Å². The molecule has 1 atom stereocenters. The molecule has 0 aliphatic carbocycles. The molecule has 0 bridgehead atoms. The highest BCUT2D eigenvalue weighted by molar-refractivity contribution is 4.82. The first kappa shape index (κ1) is 17.1. The molecule has 6 nitrogen and oxygen atoms in total. The van der Waals surface area contributed by atoms with Crippen LogP contribution in [0.1, 0.15) is 34.1 Å². The third kappa shape index (κ3) is 4.87. The van der Waals surface area contributed by atoms with Crippen LogP contribution in [0.25, 0.3) is 0 Å². The SMILES string of the molecule is CC1(C)COC(N(CCCO)C2COC(C)(C)OC2)CO1. The molecule has 2 aliphatic rings. The zero-order valence-corrected chi connectivity index (χ0v) is 13.6. The molecule has 2 heterocycles. The van der Waals surface area contributed by atoms with Gasteiger partial charge in [-0.2, -0.15) is 0 Å². The Labute approximate surface area is 127 Å². The molecule has 0 amide bonds. The van der Waals surface area contributed by atoms with Gasteiger partial charge in [-0.05, 0) is 34.1 Å². The van der Waals surface area contributed by atoms with Crippen molar-refractivity contribution in [3.8, 4) is 0 Å². The minimum absolute atomic E-state index is 0.108. The van der Waals surface area contributed by atoms with Crippen molar-refractivity contribution in [3.63, 3.8) is 0 Å². The van der Waals surface area contributed by atoms with Gasteiger partial charge in [0.05, 0.1) is 38.1 Å². The summed E-state index contributed by atoms with van der Waals surface area (Å²) in [6.45, 7) is 11.1. The molecular formula is C15H29NO5. The molecule has 0 saturated carbocycles. The summed E-state index contributed by atoms with van der Waals surface area (Å²) in [6, 6.07) is 0.124. The minimum Gasteiger partial charge on any atom is -0.396 e. The standard InChI is InChI=1S/C15H29NO5/c1-14(2)11-18-13(10-19-14)16(6-5-7-17)12-8-20-15(3,4)21-9-12/h12-13,17H,5-11H2,1-4H3. The summed E-state index contributed by atoms with van der Waals surface area (Å²) in [5.41, 5.74) is -0.235. The molecule has 1 N–H and O–H groups in total. The maximum Gasteiger partial charge on any atom is 0.162 e. The number of rotatable bonds is 5. The molecule has 1 unspecified atom stereocenters. The molecule has 0 aromatic heterocycles. The van der Waals surface area contributed by atoms with Crippen LogP contribution >= 0.6 is 0 Å². The lowest BCUT2D eigenvalue weighted by atomic mass is 10.1. The van der Waals surface area contributed by atoms with Gasteiger partial charge in [-0.3, -0.25) is 4.90 Å². The van der Waals surface area contributed by atoms with Gasteiger partial charge in [0.1, 0.15) is 6.23 Å². The Morgan fingerprint density at radius 2 is 1.71 bits per heavy atom. The molecular weight excluding hydrogens is 274 g/mol. The van der Waals surface area contributed by atoms with Gasteiger partial charge >= 0.3 is 0 Å². The van der Waals surface area contributed by atoms with Gasteiger partial charge in [0, 0.05) is 13.2 Å². The molecule has 124 valence electrons. The predicted octanol–water partition coefficient (Wildman–Crippen LogP) is 0.974. The zero-order chi connectivity index (χ0) is 15.5. The van der Waals surface area contributed by atoms with E-state index in [9.17, 15) is 0 Å². The van der Waals surface area contributed by atoms with Gasteiger partial charge in [0.25, 0.3) is 0 Å². The Morgan fingerprint density at radius 1 is 1.05 bits per heavy atom. The van der Waals surface area contributed by atoms with Gasteiger partial charge in [0.15, 0.2) is 5.79 Å². The van der Waals surface area contributed by atoms with Crippen molar-refractivity contribution in [2.24, 2.45) is 0 Å². The second-order valence-corrected chi connectivity index (χ2v) is 6.83. The lowest BCUT2D eigenvalue weighted by Crippen LogP contribution is -2.58. The van der Waals surface area contributed by atoms with Crippen molar-refractivity contribution < 1.29 is 24.1 Å². The van der Waals surface area contributed by atoms with E-state index in [1.54, 1.807) is 0 Å². The van der Waals surface area contributed by atoms with E-state index in [1.165, 1.54) is 0 Å². The number of aliphatic hydroxyl groups excluding tert-OH is 1. The molecule has 2 rings (SSSR count). The molecule has 0 aromatic carbocycles. The van der Waals surface area contributed by atoms with Crippen LogP contribution in [0.15, 0.2) is 0 Å². The minimum atomic E-state index is -0.523. The first-order valence-corrected chi connectivity index (χ1v) is 7.73. The maximum atomic E-state index is 9.12. The van der Waals surface area contributed by atoms with E-state index in [0.29, 0.717) is 32.8 Å². The van der Waals surface area contributed by atoms with Crippen molar-refractivity contribution >= 4 is 0 Å². The zero-order valence-electron chi connectivity index (χ0n) is 13.6. The quantitative estimate of drug-likeness (QED) is 0.817. The van der Waals surface area contributed by atoms with Crippen LogP contribution in [-0.4, -0.2) is 73.2 Å². The second kappa shape index (κ2) is 6.89. The van der Waals surface area contributed by atoms with Gasteiger partial charge in [-0.1, -0.05) is 0 Å². The average molecular weight is 303 g/mol. The number of hydrogen-bond donors (Lipinski definition) is 1. The highest BCUT2D eigenvalue weighted by Gasteiger charge is 2.38. The van der Waals surface area contributed by atoms with Gasteiger partial charge in [-0.25, -0.2) is 0 Å². The van der Waals surface area contributed by atoms with Crippen LogP contribution in [0.4, 0.5) is 0 Å². The third-order valence-electron chi connectivity index (χ3n) is 3.90. The molecule has 0 radical (unpaired) electrons. The van der Waals surface area contributed by atoms with Crippen LogP contribution < -0.4 is 0 Å². The largest absolute Gasteiger partial charge is 0.396 e. The summed E-state index contributed by atoms with van der Waals surface area (Å²) in [5, 5.41) is 9.12. The van der Waals surface area contributed by atoms with Crippen molar-refractivity contribution in [2.45, 2.75) is 57.8 Å². The molecule has 2 aliphatic heterocycles. The van der Waals surface area contributed by atoms with Crippen LogP contribution in [0.2, 0.25) is 0 Å². The molecule has 0 aromatic rings. The molecule has 0 spiro atoms. The van der Waals surface area contributed by atoms with E-state index in [0.717, 1.165) is 6.54 Å². The van der Waals surface area contributed by atoms with Gasteiger partial charge in [-0.15, -0.1) is 0 Å². The van der Waals surface area contributed by atoms with E-state index < -0.39 is 5.79 Å². The fourth-order valence-corrected chi connectivity index (χ4v) is 2.57. The van der Waals surface area contributed by atoms with Crippen molar-refractivity contribution in [3.05, 3.63) is 0 Å². The monoisotopic (exact) mass is 303 g/mol. The highest BCUT2D eigenvalue weighted by atomic mass is 16.7. The molecule has 2 fully saturated rings. The topological polar surface area (TPSA) is 60.4 Å². The number of nitrogens with zero attached hydrogens (tertiary/aromatic N) is 1. The normalized spacial score (nSPS) is 29.7. The fourth-order valence-electron chi connectivity index (χ4n) is 2.57. The second-order valence-electron chi connectivity index (χ2n) is 6.83. The Kier molecular flexibility index (Phi) is 5.62. The summed E-state index contributed by atoms with van der Waals surface area (Å²) in [7, 11) is 0. The Hall–Kier alpha value is -0.240. The Morgan fingerprint density at radius 3 is 2.24 bits per heavy atom. The van der Waals surface area contributed by atoms with Crippen molar-refractivity contribution in [1.82, 2.24) is 4.90 Å². The first-order chi connectivity index (χ1) is 9.83. The number of hydrogen-bond acceptors (Lipinski definition) is 6. The van der Waals surface area contributed by atoms with Crippen LogP contribution in [0, 0.1) is 0 Å². The number of aliphatic hydroxyl groups is 1. The Bertz CT molecular complexity index is 286. The average Bonchev–Trinajstić information content (AvgIpc) is 2.42. The molecule has 21 heavy (non-hydrogen) atoms. The van der Waals surface area contributed by atoms with Crippen molar-refractivity contribution in [2.75, 3.05) is 39.6 Å². The summed E-state index contributed by atoms with van der Waals surface area (Å²) >= 11 is 0. The lowest BCUT2D eigenvalue weighted by Gasteiger charge is -2.46.